The molecule has 0 unspecified atom stereocenters. The Bertz CT molecular complexity index is 557. The van der Waals surface area contributed by atoms with Crippen LogP contribution in [0, 0.1) is 5.92 Å². The van der Waals surface area contributed by atoms with Gasteiger partial charge in [0.25, 0.3) is 0 Å². The van der Waals surface area contributed by atoms with E-state index in [-0.39, 0.29) is 6.03 Å². The van der Waals surface area contributed by atoms with Crippen LogP contribution in [-0.2, 0) is 4.74 Å². The van der Waals surface area contributed by atoms with E-state index in [1.54, 1.807) is 6.20 Å². The molecule has 1 N–H and O–H groups in total. The van der Waals surface area contributed by atoms with Crippen LogP contribution in [0.5, 0.6) is 0 Å². The van der Waals surface area contributed by atoms with Crippen molar-refractivity contribution in [1.82, 2.24) is 14.8 Å². The molecule has 0 aliphatic carbocycles. The number of hydrogen-bond donors (Lipinski definition) is 1. The minimum atomic E-state index is -0.0446. The Labute approximate surface area is 149 Å². The number of ether oxygens (including phenoxy) is 1. The number of nitrogens with zero attached hydrogens (tertiary/aromatic N) is 4. The molecule has 1 aromatic heterocycles. The first kappa shape index (κ1) is 17.9. The smallest absolute Gasteiger partial charge is 0.323 e. The van der Waals surface area contributed by atoms with Crippen molar-refractivity contribution in [3.63, 3.8) is 0 Å². The average molecular weight is 347 g/mol. The molecule has 0 saturated carbocycles. The molecule has 3 heterocycles. The number of amides is 2. The molecule has 7 nitrogen and oxygen atoms in total. The number of morpholine rings is 1. The number of rotatable bonds is 4. The largest absolute Gasteiger partial charge is 0.379 e. The van der Waals surface area contributed by atoms with Gasteiger partial charge < -0.3 is 14.5 Å². The third kappa shape index (κ3) is 5.06. The van der Waals surface area contributed by atoms with E-state index in [0.717, 1.165) is 58.0 Å². The molecule has 0 bridgehead atoms. The van der Waals surface area contributed by atoms with Crippen LogP contribution in [0.25, 0.3) is 0 Å². The van der Waals surface area contributed by atoms with Gasteiger partial charge in [-0.2, -0.15) is 0 Å². The normalized spacial score (nSPS) is 21.8. The van der Waals surface area contributed by atoms with Gasteiger partial charge in [0.05, 0.1) is 25.1 Å². The van der Waals surface area contributed by atoms with E-state index in [2.05, 4.69) is 15.2 Å². The third-order valence-electron chi connectivity index (χ3n) is 4.93. The SMILES string of the molecule is CN(C)c1ccc(NC(=O)N2CCC[C@H](CN3CCOCC3)C2)nc1. The molecule has 25 heavy (non-hydrogen) atoms. The number of carbonyl (C=O) groups excluding carboxylic acids is 1. The molecule has 0 radical (unpaired) electrons. The second kappa shape index (κ2) is 8.49. The summed E-state index contributed by atoms with van der Waals surface area (Å²) in [7, 11) is 3.94. The number of likely N-dealkylation sites (tertiary alicyclic amines) is 1. The number of aromatic nitrogens is 1. The minimum absolute atomic E-state index is 0.0446. The standard InChI is InChI=1S/C18H29N5O2/c1-21(2)16-5-6-17(19-12-16)20-18(24)23-7-3-4-15(14-23)13-22-8-10-25-11-9-22/h5-6,12,15H,3-4,7-11,13-14H2,1-2H3,(H,19,20,24)/t15-/m1/s1. The van der Waals surface area contributed by atoms with Gasteiger partial charge in [-0.25, -0.2) is 9.78 Å². The molecule has 1 atom stereocenters. The fourth-order valence-electron chi connectivity index (χ4n) is 3.46. The van der Waals surface area contributed by atoms with Crippen LogP contribution in [0.4, 0.5) is 16.3 Å². The summed E-state index contributed by atoms with van der Waals surface area (Å²) in [4.78, 5) is 23.2. The molecular weight excluding hydrogens is 318 g/mol. The lowest BCUT2D eigenvalue weighted by atomic mass is 9.97. The van der Waals surface area contributed by atoms with E-state index < -0.39 is 0 Å². The predicted octanol–water partition coefficient (Wildman–Crippen LogP) is 1.72. The van der Waals surface area contributed by atoms with E-state index in [1.165, 1.54) is 6.42 Å². The zero-order valence-electron chi connectivity index (χ0n) is 15.3. The molecule has 0 aromatic carbocycles. The first-order chi connectivity index (χ1) is 12.1. The predicted molar refractivity (Wildman–Crippen MR) is 99.1 cm³/mol. The van der Waals surface area contributed by atoms with Gasteiger partial charge in [0.15, 0.2) is 0 Å². The number of pyridine rings is 1. The molecule has 2 saturated heterocycles. The van der Waals surface area contributed by atoms with E-state index in [0.29, 0.717) is 11.7 Å². The summed E-state index contributed by atoms with van der Waals surface area (Å²) in [5.74, 6) is 1.15. The Kier molecular flexibility index (Phi) is 6.09. The van der Waals surface area contributed by atoms with Crippen LogP contribution in [-0.4, -0.2) is 80.8 Å². The average Bonchev–Trinajstić information content (AvgIpc) is 2.63. The topological polar surface area (TPSA) is 60.9 Å². The summed E-state index contributed by atoms with van der Waals surface area (Å²) in [5, 5.41) is 2.93. The Morgan fingerprint density at radius 2 is 2.12 bits per heavy atom. The molecule has 2 aliphatic rings. The highest BCUT2D eigenvalue weighted by Crippen LogP contribution is 2.19. The molecule has 0 spiro atoms. The third-order valence-corrected chi connectivity index (χ3v) is 4.93. The van der Waals surface area contributed by atoms with Crippen molar-refractivity contribution >= 4 is 17.5 Å². The Balaban J connectivity index is 1.50. The molecule has 7 heteroatoms. The van der Waals surface area contributed by atoms with Crippen LogP contribution >= 0.6 is 0 Å². The quantitative estimate of drug-likeness (QED) is 0.899. The highest BCUT2D eigenvalue weighted by molar-refractivity contribution is 5.88. The minimum Gasteiger partial charge on any atom is -0.379 e. The van der Waals surface area contributed by atoms with Crippen molar-refractivity contribution < 1.29 is 9.53 Å². The van der Waals surface area contributed by atoms with Crippen molar-refractivity contribution in [1.29, 1.82) is 0 Å². The van der Waals surface area contributed by atoms with Gasteiger partial charge in [-0.05, 0) is 30.9 Å². The highest BCUT2D eigenvalue weighted by atomic mass is 16.5. The summed E-state index contributed by atoms with van der Waals surface area (Å²) in [6, 6.07) is 3.76. The molecule has 2 fully saturated rings. The fraction of sp³-hybridized carbons (Fsp3) is 0.667. The first-order valence-electron chi connectivity index (χ1n) is 9.11. The van der Waals surface area contributed by atoms with Crippen LogP contribution in [0.2, 0.25) is 0 Å². The number of nitrogens with one attached hydrogen (secondary N) is 1. The highest BCUT2D eigenvalue weighted by Gasteiger charge is 2.26. The van der Waals surface area contributed by atoms with Crippen molar-refractivity contribution in [2.45, 2.75) is 12.8 Å². The van der Waals surface area contributed by atoms with Crippen molar-refractivity contribution in [2.75, 3.05) is 70.2 Å². The molecule has 2 aliphatic heterocycles. The number of piperidine rings is 1. The zero-order chi connectivity index (χ0) is 17.6. The van der Waals surface area contributed by atoms with Crippen LogP contribution in [0.1, 0.15) is 12.8 Å². The summed E-state index contributed by atoms with van der Waals surface area (Å²) >= 11 is 0. The van der Waals surface area contributed by atoms with Crippen LogP contribution in [0.15, 0.2) is 18.3 Å². The van der Waals surface area contributed by atoms with Crippen molar-refractivity contribution in [2.24, 2.45) is 5.92 Å². The molecular formula is C18H29N5O2. The van der Waals surface area contributed by atoms with Gasteiger partial charge in [0, 0.05) is 46.8 Å². The summed E-state index contributed by atoms with van der Waals surface area (Å²) in [6.07, 6.45) is 4.03. The van der Waals surface area contributed by atoms with E-state index in [1.807, 2.05) is 36.0 Å². The number of carbonyl (C=O) groups is 1. The van der Waals surface area contributed by atoms with Crippen LogP contribution < -0.4 is 10.2 Å². The van der Waals surface area contributed by atoms with Gasteiger partial charge in [-0.1, -0.05) is 0 Å². The molecule has 2 amide bonds. The van der Waals surface area contributed by atoms with Gasteiger partial charge in [0.1, 0.15) is 5.82 Å². The fourth-order valence-corrected chi connectivity index (χ4v) is 3.46. The van der Waals surface area contributed by atoms with Crippen molar-refractivity contribution in [3.05, 3.63) is 18.3 Å². The zero-order valence-corrected chi connectivity index (χ0v) is 15.3. The second-order valence-corrected chi connectivity index (χ2v) is 7.09. The van der Waals surface area contributed by atoms with Crippen LogP contribution in [0.3, 0.4) is 0 Å². The number of hydrogen-bond acceptors (Lipinski definition) is 5. The van der Waals surface area contributed by atoms with Gasteiger partial charge in [-0.3, -0.25) is 10.2 Å². The van der Waals surface area contributed by atoms with Gasteiger partial charge >= 0.3 is 6.03 Å². The van der Waals surface area contributed by atoms with Gasteiger partial charge in [0.2, 0.25) is 0 Å². The Morgan fingerprint density at radius 1 is 1.32 bits per heavy atom. The molecule has 138 valence electrons. The van der Waals surface area contributed by atoms with E-state index in [9.17, 15) is 4.79 Å². The van der Waals surface area contributed by atoms with Gasteiger partial charge in [-0.15, -0.1) is 0 Å². The van der Waals surface area contributed by atoms with Crippen molar-refractivity contribution in [3.8, 4) is 0 Å². The Morgan fingerprint density at radius 3 is 2.80 bits per heavy atom. The molecule has 3 rings (SSSR count). The monoisotopic (exact) mass is 347 g/mol. The summed E-state index contributed by atoms with van der Waals surface area (Å²) in [6.45, 7) is 6.36. The molecule has 1 aromatic rings. The lowest BCUT2D eigenvalue weighted by Crippen LogP contribution is -2.47. The second-order valence-electron chi connectivity index (χ2n) is 7.09. The lowest BCUT2D eigenvalue weighted by molar-refractivity contribution is 0.0252. The number of anilines is 2. The first-order valence-corrected chi connectivity index (χ1v) is 9.11. The maximum atomic E-state index is 12.6. The maximum absolute atomic E-state index is 12.6. The Hall–Kier alpha value is -1.86. The van der Waals surface area contributed by atoms with E-state index >= 15 is 0 Å². The lowest BCUT2D eigenvalue weighted by Gasteiger charge is -2.36. The summed E-state index contributed by atoms with van der Waals surface area (Å²) in [5.41, 5.74) is 1.02. The van der Waals surface area contributed by atoms with E-state index in [4.69, 9.17) is 4.74 Å². The maximum Gasteiger partial charge on any atom is 0.323 e. The number of urea groups is 1. The summed E-state index contributed by atoms with van der Waals surface area (Å²) < 4.78 is 5.41.